The highest BCUT2D eigenvalue weighted by atomic mass is 79.9. The van der Waals surface area contributed by atoms with Crippen molar-refractivity contribution in [1.29, 1.82) is 0 Å². The Morgan fingerprint density at radius 1 is 0.633 bits per heavy atom. The molecular weight excluding hydrogens is 506 g/mol. The number of hydrogen-bond acceptors (Lipinski definition) is 2. The van der Waals surface area contributed by atoms with Gasteiger partial charge in [-0.1, -0.05) is 111 Å². The van der Waals surface area contributed by atoms with E-state index in [9.17, 15) is 9.59 Å². The Labute approximate surface area is 191 Å². The third-order valence-corrected chi connectivity index (χ3v) is 9.56. The first-order valence-electron chi connectivity index (χ1n) is 9.96. The molecule has 5 heteroatoms. The maximum absolute atomic E-state index is 13.8. The number of amides is 2. The molecule has 148 valence electrons. The van der Waals surface area contributed by atoms with E-state index in [4.69, 9.17) is 0 Å². The summed E-state index contributed by atoms with van der Waals surface area (Å²) in [5.41, 5.74) is 5.19. The summed E-state index contributed by atoms with van der Waals surface area (Å²) in [5.74, 6) is -1.23. The van der Waals surface area contributed by atoms with Crippen LogP contribution in [0.1, 0.15) is 27.8 Å². The van der Waals surface area contributed by atoms with Crippen LogP contribution in [-0.2, 0) is 24.8 Å². The number of carbonyl (C=O) groups is 2. The van der Waals surface area contributed by atoms with Crippen molar-refractivity contribution < 1.29 is 9.59 Å². The zero-order valence-corrected chi connectivity index (χ0v) is 19.1. The van der Waals surface area contributed by atoms with Crippen LogP contribution in [0.15, 0.2) is 78.9 Å². The van der Waals surface area contributed by atoms with Crippen molar-refractivity contribution in [3.05, 3.63) is 107 Å². The Morgan fingerprint density at radius 3 is 1.40 bits per heavy atom. The first kappa shape index (κ1) is 18.5. The molecule has 3 aromatic rings. The van der Waals surface area contributed by atoms with Crippen LogP contribution in [0.4, 0.5) is 0 Å². The number of nitrogens with zero attached hydrogens (tertiary/aromatic N) is 1. The molecule has 2 bridgehead atoms. The van der Waals surface area contributed by atoms with Crippen molar-refractivity contribution in [2.75, 3.05) is 0 Å². The minimum absolute atomic E-state index is 0.112. The Bertz CT molecular complexity index is 1100. The first-order valence-corrected chi connectivity index (χ1v) is 11.5. The molecule has 4 aliphatic rings. The van der Waals surface area contributed by atoms with Crippen LogP contribution < -0.4 is 0 Å². The minimum Gasteiger partial charge on any atom is -0.277 e. The average Bonchev–Trinajstić information content (AvgIpc) is 3.04. The van der Waals surface area contributed by atoms with Gasteiger partial charge in [-0.05, 0) is 27.8 Å². The maximum atomic E-state index is 13.8. The highest BCUT2D eigenvalue weighted by Crippen LogP contribution is 2.70. The summed E-state index contributed by atoms with van der Waals surface area (Å²) in [4.78, 5) is 29.0. The molecule has 3 aromatic carbocycles. The second kappa shape index (κ2) is 6.14. The zero-order valence-electron chi connectivity index (χ0n) is 15.9. The van der Waals surface area contributed by atoms with Crippen molar-refractivity contribution in [2.24, 2.45) is 11.8 Å². The number of halogens is 2. The predicted molar refractivity (Wildman–Crippen MR) is 121 cm³/mol. The normalized spacial score (nSPS) is 30.8. The predicted octanol–water partition coefficient (Wildman–Crippen LogP) is 5.09. The highest BCUT2D eigenvalue weighted by Gasteiger charge is 2.72. The lowest BCUT2D eigenvalue weighted by Gasteiger charge is -2.55. The lowest BCUT2D eigenvalue weighted by Crippen LogP contribution is -2.56. The lowest BCUT2D eigenvalue weighted by molar-refractivity contribution is -0.140. The summed E-state index contributed by atoms with van der Waals surface area (Å²) in [6.45, 7) is 0.296. The molecule has 1 aliphatic heterocycles. The number of imide groups is 1. The van der Waals surface area contributed by atoms with E-state index in [1.165, 1.54) is 4.90 Å². The standard InChI is InChI=1S/C25H17Br2NO2/c26-24-16-10-4-5-11-17(16)25(27,19-13-7-6-12-18(19)24)21-20(24)22(29)28(23(21)30)14-15-8-2-1-3-9-15/h1-13,20-21H,14H2/t20-,21-,24?,25?/m0/s1. The summed E-state index contributed by atoms with van der Waals surface area (Å²) in [5, 5.41) is 0. The second-order valence-electron chi connectivity index (χ2n) is 8.22. The third-order valence-electron chi connectivity index (χ3n) is 6.86. The van der Waals surface area contributed by atoms with Gasteiger partial charge < -0.3 is 0 Å². The van der Waals surface area contributed by atoms with Crippen LogP contribution in [-0.4, -0.2) is 16.7 Å². The van der Waals surface area contributed by atoms with Gasteiger partial charge in [0.05, 0.1) is 27.0 Å². The molecule has 1 saturated heterocycles. The van der Waals surface area contributed by atoms with Crippen molar-refractivity contribution in [1.82, 2.24) is 4.90 Å². The molecule has 7 rings (SSSR count). The molecule has 0 spiro atoms. The van der Waals surface area contributed by atoms with Crippen LogP contribution in [0.5, 0.6) is 0 Å². The molecular formula is C25H17Br2NO2. The maximum Gasteiger partial charge on any atom is 0.235 e. The quantitative estimate of drug-likeness (QED) is 0.347. The summed E-state index contributed by atoms with van der Waals surface area (Å²) in [6, 6.07) is 26.0. The van der Waals surface area contributed by atoms with Crippen LogP contribution in [0.2, 0.25) is 0 Å². The number of benzene rings is 3. The largest absolute Gasteiger partial charge is 0.277 e. The molecule has 3 aliphatic carbocycles. The van der Waals surface area contributed by atoms with Crippen molar-refractivity contribution in [2.45, 2.75) is 15.2 Å². The van der Waals surface area contributed by atoms with E-state index in [1.807, 2.05) is 54.6 Å². The van der Waals surface area contributed by atoms with E-state index in [0.717, 1.165) is 27.8 Å². The van der Waals surface area contributed by atoms with Gasteiger partial charge in [-0.3, -0.25) is 14.5 Å². The summed E-state index contributed by atoms with van der Waals surface area (Å²) in [6.07, 6.45) is 0. The monoisotopic (exact) mass is 521 g/mol. The van der Waals surface area contributed by atoms with Crippen molar-refractivity contribution in [3.8, 4) is 0 Å². The van der Waals surface area contributed by atoms with Crippen molar-refractivity contribution in [3.63, 3.8) is 0 Å². The van der Waals surface area contributed by atoms with Gasteiger partial charge in [-0.2, -0.15) is 0 Å². The van der Waals surface area contributed by atoms with Crippen LogP contribution in [0.3, 0.4) is 0 Å². The van der Waals surface area contributed by atoms with Gasteiger partial charge in [0.15, 0.2) is 0 Å². The Balaban J connectivity index is 1.59. The fraction of sp³-hybridized carbons (Fsp3) is 0.200. The molecule has 2 amide bonds. The SMILES string of the molecule is O=C1[C@@H]2[C@@H](C(=O)N1Cc1ccccc1)C1(Br)c3ccccc3C2(Br)c2ccccc21. The van der Waals surface area contributed by atoms with Gasteiger partial charge >= 0.3 is 0 Å². The molecule has 0 unspecified atom stereocenters. The van der Waals surface area contributed by atoms with Crippen LogP contribution in [0.25, 0.3) is 0 Å². The Morgan fingerprint density at radius 2 is 1.00 bits per heavy atom. The number of rotatable bonds is 2. The van der Waals surface area contributed by atoms with Gasteiger partial charge in [0.2, 0.25) is 11.8 Å². The van der Waals surface area contributed by atoms with Crippen LogP contribution in [0, 0.1) is 11.8 Å². The van der Waals surface area contributed by atoms with Gasteiger partial charge in [-0.15, -0.1) is 0 Å². The number of hydrogen-bond donors (Lipinski definition) is 0. The third kappa shape index (κ3) is 2.05. The molecule has 1 heterocycles. The number of alkyl halides is 2. The summed E-state index contributed by atoms with van der Waals surface area (Å²) < 4.78 is -1.45. The van der Waals surface area contributed by atoms with Crippen LogP contribution >= 0.6 is 31.9 Å². The van der Waals surface area contributed by atoms with Gasteiger partial charge in [0.25, 0.3) is 0 Å². The first-order chi connectivity index (χ1) is 14.5. The van der Waals surface area contributed by atoms with E-state index >= 15 is 0 Å². The minimum atomic E-state index is -0.724. The van der Waals surface area contributed by atoms with E-state index in [2.05, 4.69) is 56.1 Å². The smallest absolute Gasteiger partial charge is 0.235 e. The van der Waals surface area contributed by atoms with E-state index in [1.54, 1.807) is 0 Å². The van der Waals surface area contributed by atoms with Crippen molar-refractivity contribution >= 4 is 43.7 Å². The van der Waals surface area contributed by atoms with E-state index in [0.29, 0.717) is 6.54 Å². The molecule has 0 N–H and O–H groups in total. The fourth-order valence-electron chi connectivity index (χ4n) is 5.65. The van der Waals surface area contributed by atoms with E-state index in [-0.39, 0.29) is 11.8 Å². The molecule has 30 heavy (non-hydrogen) atoms. The molecule has 2 atom stereocenters. The van der Waals surface area contributed by atoms with Gasteiger partial charge in [0, 0.05) is 0 Å². The molecule has 3 nitrogen and oxygen atoms in total. The lowest BCUT2D eigenvalue weighted by atomic mass is 9.54. The Kier molecular flexibility index (Phi) is 3.79. The zero-order chi connectivity index (χ0) is 20.7. The Hall–Kier alpha value is -2.24. The van der Waals surface area contributed by atoms with Gasteiger partial charge in [0.1, 0.15) is 0 Å². The van der Waals surface area contributed by atoms with E-state index < -0.39 is 20.5 Å². The fourth-order valence-corrected chi connectivity index (χ4v) is 7.95. The molecule has 0 radical (unpaired) electrons. The molecule has 1 fully saturated rings. The second-order valence-corrected chi connectivity index (χ2v) is 10.7. The molecule has 0 aromatic heterocycles. The molecule has 0 saturated carbocycles. The number of carbonyl (C=O) groups excluding carboxylic acids is 2. The summed E-state index contributed by atoms with van der Waals surface area (Å²) >= 11 is 8.04. The average molecular weight is 523 g/mol. The highest BCUT2D eigenvalue weighted by molar-refractivity contribution is 9.10. The number of likely N-dealkylation sites (tertiary alicyclic amines) is 1. The topological polar surface area (TPSA) is 37.4 Å². The summed E-state index contributed by atoms with van der Waals surface area (Å²) in [7, 11) is 0. The van der Waals surface area contributed by atoms with Gasteiger partial charge in [-0.25, -0.2) is 0 Å².